The minimum absolute atomic E-state index is 0. The number of anilines is 1. The van der Waals surface area contributed by atoms with E-state index in [1.165, 1.54) is 24.6 Å². The summed E-state index contributed by atoms with van der Waals surface area (Å²) in [4.78, 5) is 51.5. The summed E-state index contributed by atoms with van der Waals surface area (Å²) < 4.78 is 5.63. The van der Waals surface area contributed by atoms with Crippen LogP contribution in [0.2, 0.25) is 0 Å². The van der Waals surface area contributed by atoms with Crippen molar-refractivity contribution in [2.24, 2.45) is 22.6 Å². The largest absolute Gasteiger partial charge is 0.494 e. The van der Waals surface area contributed by atoms with E-state index in [0.29, 0.717) is 39.3 Å². The zero-order valence-electron chi connectivity index (χ0n) is 23.2. The summed E-state index contributed by atoms with van der Waals surface area (Å²) in [5, 5.41) is 23.4. The average Bonchev–Trinajstić information content (AvgIpc) is 3.71. The van der Waals surface area contributed by atoms with Crippen LogP contribution >= 0.6 is 11.3 Å². The van der Waals surface area contributed by atoms with E-state index in [1.54, 1.807) is 18.2 Å². The van der Waals surface area contributed by atoms with E-state index in [9.17, 15) is 14.4 Å². The number of carbonyl (C=O) groups is 3. The van der Waals surface area contributed by atoms with Gasteiger partial charge in [0.15, 0.2) is 11.5 Å². The fourth-order valence-corrected chi connectivity index (χ4v) is 5.17. The summed E-state index contributed by atoms with van der Waals surface area (Å²) in [6.45, 7) is 2.65. The molecule has 1 aliphatic carbocycles. The molecule has 1 aliphatic heterocycles. The van der Waals surface area contributed by atoms with Gasteiger partial charge in [0.2, 0.25) is 0 Å². The van der Waals surface area contributed by atoms with Gasteiger partial charge < -0.3 is 26.0 Å². The van der Waals surface area contributed by atoms with Crippen molar-refractivity contribution in [3.05, 3.63) is 41.0 Å². The molecular weight excluding hydrogens is 734 g/mol. The van der Waals surface area contributed by atoms with Crippen LogP contribution in [0.25, 0.3) is 10.6 Å². The van der Waals surface area contributed by atoms with Gasteiger partial charge in [-0.15, -0.1) is 11.3 Å². The smallest absolute Gasteiger partial charge is 0.392 e. The summed E-state index contributed by atoms with van der Waals surface area (Å²) >= 11 is 1.20. The minimum atomic E-state index is -1.35. The van der Waals surface area contributed by atoms with Crippen molar-refractivity contribution in [1.29, 1.82) is 5.41 Å². The minimum Gasteiger partial charge on any atom is -0.494 e. The number of nitrogens with one attached hydrogen (secondary N) is 3. The van der Waals surface area contributed by atoms with Crippen molar-refractivity contribution in [3.8, 4) is 16.3 Å². The van der Waals surface area contributed by atoms with Crippen LogP contribution in [0.4, 0.5) is 5.69 Å². The van der Waals surface area contributed by atoms with Gasteiger partial charge in [-0.1, -0.05) is 6.07 Å². The molecule has 0 atom stereocenters. The maximum absolute atomic E-state index is 12.8. The number of para-hydroxylation sites is 1. The van der Waals surface area contributed by atoms with Crippen LogP contribution in [-0.2, 0) is 35.5 Å². The van der Waals surface area contributed by atoms with Crippen LogP contribution < -0.4 is 21.1 Å². The van der Waals surface area contributed by atoms with Crippen molar-refractivity contribution in [2.75, 3.05) is 39.1 Å². The molecule has 42 heavy (non-hydrogen) atoms. The summed E-state index contributed by atoms with van der Waals surface area (Å²) in [7, 11) is 3.53. The second-order valence-corrected chi connectivity index (χ2v) is 11.0. The monoisotopic (exact) mass is 767 g/mol. The van der Waals surface area contributed by atoms with Gasteiger partial charge in [-0.25, -0.2) is 9.78 Å². The van der Waals surface area contributed by atoms with E-state index < -0.39 is 11.7 Å². The van der Waals surface area contributed by atoms with Gasteiger partial charge in [0, 0.05) is 39.6 Å². The zero-order valence-corrected chi connectivity index (χ0v) is 27.0. The molecule has 6 N–H and O–H groups in total. The molecule has 1 saturated carbocycles. The van der Waals surface area contributed by atoms with Gasteiger partial charge in [0.25, 0.3) is 11.8 Å². The molecule has 15 heteroatoms. The first-order chi connectivity index (χ1) is 19.7. The summed E-state index contributed by atoms with van der Waals surface area (Å²) in [6, 6.07) is 5.07. The van der Waals surface area contributed by atoms with Gasteiger partial charge in [-0.2, -0.15) is 10.2 Å². The summed E-state index contributed by atoms with van der Waals surface area (Å²) in [5.41, 5.74) is 5.80. The molecule has 13 nitrogen and oxygen atoms in total. The van der Waals surface area contributed by atoms with Gasteiger partial charge >= 0.3 is 5.97 Å². The van der Waals surface area contributed by atoms with Gasteiger partial charge in [-0.05, 0) is 63.9 Å². The van der Waals surface area contributed by atoms with Crippen LogP contribution in [0, 0.1) is 17.2 Å². The molecule has 0 radical (unpaired) electrons. The number of ether oxygens (including phenoxy) is 1. The molecule has 2 heterocycles. The number of amidine groups is 1. The van der Waals surface area contributed by atoms with Crippen molar-refractivity contribution in [1.82, 2.24) is 15.2 Å². The Morgan fingerprint density at radius 1 is 1.26 bits per heavy atom. The number of thiazole rings is 1. The zero-order chi connectivity index (χ0) is 29.5. The Morgan fingerprint density at radius 3 is 2.62 bits per heavy atom. The number of benzene rings is 1. The molecule has 1 aromatic carbocycles. The topological polar surface area (TPSA) is 192 Å². The van der Waals surface area contributed by atoms with E-state index in [-0.39, 0.29) is 50.3 Å². The van der Waals surface area contributed by atoms with E-state index in [2.05, 4.69) is 37.4 Å². The van der Waals surface area contributed by atoms with Crippen LogP contribution in [0.15, 0.2) is 41.2 Å². The van der Waals surface area contributed by atoms with E-state index in [4.69, 9.17) is 21.1 Å². The van der Waals surface area contributed by atoms with Gasteiger partial charge in [0.05, 0.1) is 30.3 Å². The maximum atomic E-state index is 12.8. The number of nitrogens with zero attached hydrogens (tertiary/aromatic N) is 3. The first-order valence-electron chi connectivity index (χ1n) is 13.1. The first-order valence-corrected chi connectivity index (χ1v) is 13.9. The normalized spacial score (nSPS) is 16.3. The molecule has 2 aliphatic rings. The molecule has 2 fully saturated rings. The Labute approximate surface area is 261 Å². The van der Waals surface area contributed by atoms with Gasteiger partial charge in [-0.3, -0.25) is 19.9 Å². The maximum Gasteiger partial charge on any atom is 0.392 e. The number of aromatic nitrogens is 1. The predicted molar refractivity (Wildman–Crippen MR) is 154 cm³/mol. The summed E-state index contributed by atoms with van der Waals surface area (Å²) in [6.07, 6.45) is 6.19. The number of aliphatic imine (C=N–C) groups is 1. The van der Waals surface area contributed by atoms with Crippen molar-refractivity contribution in [3.63, 3.8) is 0 Å². The standard InChI is InChI=1S/C27H33N7O6S.W/c1-34-10-8-15(9-11-34)13-30-25(36)20-14-31-26(41-20)17-4-3-5-18(23(17)39-2)32-19(22(29)27(37)40-38)12-21(28)33-24(35)16-6-7-16;/h3-5,12,14-16,29,32,38H,6-11,13H2,1-2H3,(H,30,36)(H2,28,33,35);/b19-12+,29-22?;. The summed E-state index contributed by atoms with van der Waals surface area (Å²) in [5.74, 6) is -1.58. The Kier molecular flexibility index (Phi) is 11.9. The van der Waals surface area contributed by atoms with E-state index in [0.717, 1.165) is 44.8 Å². The third-order valence-corrected chi connectivity index (χ3v) is 7.88. The predicted octanol–water partition coefficient (Wildman–Crippen LogP) is 2.51. The third-order valence-electron chi connectivity index (χ3n) is 6.85. The molecule has 224 valence electrons. The fourth-order valence-electron chi connectivity index (χ4n) is 4.32. The third kappa shape index (κ3) is 8.54. The number of carbonyl (C=O) groups excluding carboxylic acids is 3. The number of amides is 2. The van der Waals surface area contributed by atoms with Crippen molar-refractivity contribution >= 4 is 46.4 Å². The number of rotatable bonds is 11. The first kappa shape index (κ1) is 33.1. The SMILES string of the molecule is COc1c(N/C(=C/C(N)=NC(=O)C2CC2)C(=N)C(=O)OO)cccc1-c1ncc(C(=O)NCC2CCN(C)CC2)s1.[W]. The van der Waals surface area contributed by atoms with Crippen LogP contribution in [0.1, 0.15) is 35.4 Å². The van der Waals surface area contributed by atoms with Crippen LogP contribution in [-0.4, -0.2) is 78.3 Å². The van der Waals surface area contributed by atoms with Crippen molar-refractivity contribution < 1.29 is 50.3 Å². The molecule has 2 aromatic rings. The number of nitrogens with two attached hydrogens (primary N) is 1. The fraction of sp³-hybridized carbons (Fsp3) is 0.407. The second kappa shape index (κ2) is 15.1. The second-order valence-electron chi connectivity index (χ2n) is 9.96. The average molecular weight is 768 g/mol. The van der Waals surface area contributed by atoms with E-state index >= 15 is 0 Å². The molecule has 0 unspecified atom stereocenters. The molecule has 0 bridgehead atoms. The molecule has 2 amide bonds. The molecule has 0 spiro atoms. The Balaban J connectivity index is 0.00000484. The Hall–Kier alpha value is -3.45. The molecular formula is C27H33N7O6SW. The van der Waals surface area contributed by atoms with Crippen LogP contribution in [0.3, 0.4) is 0 Å². The number of hydrogen-bond donors (Lipinski definition) is 5. The molecule has 1 saturated heterocycles. The van der Waals surface area contributed by atoms with Crippen LogP contribution in [0.5, 0.6) is 5.75 Å². The molecule has 4 rings (SSSR count). The quantitative estimate of drug-likeness (QED) is 0.0983. The number of methoxy groups -OCH3 is 1. The number of likely N-dealkylation sites (tertiary alicyclic amines) is 1. The Bertz CT molecular complexity index is 1380. The number of piperidine rings is 1. The number of hydrogen-bond acceptors (Lipinski definition) is 11. The molecule has 1 aromatic heterocycles. The van der Waals surface area contributed by atoms with Gasteiger partial charge in [0.1, 0.15) is 15.7 Å². The Morgan fingerprint density at radius 2 is 1.98 bits per heavy atom. The van der Waals surface area contributed by atoms with E-state index in [1.807, 2.05) is 0 Å². The van der Waals surface area contributed by atoms with Crippen molar-refractivity contribution in [2.45, 2.75) is 25.7 Å².